The van der Waals surface area contributed by atoms with Gasteiger partial charge >= 0.3 is 0 Å². The number of hydrogen-bond acceptors (Lipinski definition) is 3. The van der Waals surface area contributed by atoms with Crippen molar-refractivity contribution in [1.29, 1.82) is 0 Å². The van der Waals surface area contributed by atoms with Crippen LogP contribution in [0.15, 0.2) is 35.7 Å². The van der Waals surface area contributed by atoms with Gasteiger partial charge in [-0.2, -0.15) is 4.31 Å². The first-order valence-corrected chi connectivity index (χ1v) is 7.03. The lowest BCUT2D eigenvalue weighted by atomic mass is 10.3. The summed E-state index contributed by atoms with van der Waals surface area (Å²) in [6.45, 7) is 5.81. The highest BCUT2D eigenvalue weighted by molar-refractivity contribution is 7.89. The van der Waals surface area contributed by atoms with Gasteiger partial charge in [-0.3, -0.25) is 0 Å². The van der Waals surface area contributed by atoms with Crippen molar-refractivity contribution in [3.63, 3.8) is 0 Å². The molecule has 4 nitrogen and oxygen atoms in total. The minimum absolute atomic E-state index is 0.143. The van der Waals surface area contributed by atoms with E-state index in [1.54, 1.807) is 0 Å². The Hall–Kier alpha value is -1.40. The summed E-state index contributed by atoms with van der Waals surface area (Å²) in [5.41, 5.74) is 5.72. The van der Waals surface area contributed by atoms with E-state index in [-0.39, 0.29) is 12.2 Å². The van der Waals surface area contributed by atoms with Gasteiger partial charge in [0.2, 0.25) is 10.0 Å². The summed E-state index contributed by atoms with van der Waals surface area (Å²) < 4.78 is 39.3. The summed E-state index contributed by atoms with van der Waals surface area (Å²) in [5, 5.41) is 0. The van der Waals surface area contributed by atoms with Crippen molar-refractivity contribution in [2.75, 3.05) is 18.8 Å². The number of anilines is 1. The first-order chi connectivity index (χ1) is 8.43. The van der Waals surface area contributed by atoms with Gasteiger partial charge in [0.25, 0.3) is 0 Å². The molecule has 0 heterocycles. The molecule has 0 aliphatic carbocycles. The van der Waals surface area contributed by atoms with Crippen LogP contribution in [-0.2, 0) is 10.0 Å². The summed E-state index contributed by atoms with van der Waals surface area (Å²) in [7, 11) is -3.87. The van der Waals surface area contributed by atoms with E-state index in [1.165, 1.54) is 16.4 Å². The predicted octanol–water partition coefficient (Wildman–Crippen LogP) is 1.99. The largest absolute Gasteiger partial charge is 0.399 e. The van der Waals surface area contributed by atoms with Gasteiger partial charge in [0.05, 0.1) is 0 Å². The van der Waals surface area contributed by atoms with Crippen LogP contribution < -0.4 is 5.73 Å². The maximum absolute atomic E-state index is 13.6. The van der Waals surface area contributed by atoms with Gasteiger partial charge in [-0.05, 0) is 24.6 Å². The zero-order valence-electron chi connectivity index (χ0n) is 10.3. The SMILES string of the molecule is C=CCN(CCC)S(=O)(=O)c1cc(N)ccc1F. The predicted molar refractivity (Wildman–Crippen MR) is 70.1 cm³/mol. The molecule has 0 unspecified atom stereocenters. The summed E-state index contributed by atoms with van der Waals surface area (Å²) in [6, 6.07) is 3.52. The molecule has 0 saturated heterocycles. The minimum atomic E-state index is -3.87. The molecule has 0 saturated carbocycles. The first kappa shape index (κ1) is 14.7. The number of halogens is 1. The summed E-state index contributed by atoms with van der Waals surface area (Å²) in [5.74, 6) is -0.797. The van der Waals surface area contributed by atoms with Crippen molar-refractivity contribution >= 4 is 15.7 Å². The van der Waals surface area contributed by atoms with Crippen LogP contribution in [0.1, 0.15) is 13.3 Å². The molecule has 1 rings (SSSR count). The van der Waals surface area contributed by atoms with E-state index in [0.717, 1.165) is 12.1 Å². The van der Waals surface area contributed by atoms with Crippen molar-refractivity contribution in [2.45, 2.75) is 18.2 Å². The second-order valence-corrected chi connectivity index (χ2v) is 5.75. The maximum atomic E-state index is 13.6. The molecular formula is C12H17FN2O2S. The smallest absolute Gasteiger partial charge is 0.246 e. The maximum Gasteiger partial charge on any atom is 0.246 e. The van der Waals surface area contributed by atoms with Crippen LogP contribution in [-0.4, -0.2) is 25.8 Å². The van der Waals surface area contributed by atoms with E-state index in [0.29, 0.717) is 13.0 Å². The number of nitrogen functional groups attached to an aromatic ring is 1. The van der Waals surface area contributed by atoms with Gasteiger partial charge in [0.1, 0.15) is 10.7 Å². The third-order valence-electron chi connectivity index (χ3n) is 2.38. The molecule has 0 aromatic heterocycles. The summed E-state index contributed by atoms with van der Waals surface area (Å²) >= 11 is 0. The van der Waals surface area contributed by atoms with E-state index in [9.17, 15) is 12.8 Å². The number of nitrogens with two attached hydrogens (primary N) is 1. The molecule has 0 fully saturated rings. The van der Waals surface area contributed by atoms with Crippen molar-refractivity contribution < 1.29 is 12.8 Å². The average molecular weight is 272 g/mol. The van der Waals surface area contributed by atoms with Gasteiger partial charge in [-0.1, -0.05) is 13.0 Å². The second-order valence-electron chi connectivity index (χ2n) is 3.84. The molecular weight excluding hydrogens is 255 g/mol. The molecule has 0 bridgehead atoms. The lowest BCUT2D eigenvalue weighted by Crippen LogP contribution is -2.32. The van der Waals surface area contributed by atoms with Gasteiger partial charge in [-0.15, -0.1) is 6.58 Å². The Labute approximate surface area is 107 Å². The number of rotatable bonds is 6. The Bertz CT molecular complexity index is 529. The molecule has 0 aliphatic heterocycles. The number of nitrogens with zero attached hydrogens (tertiary/aromatic N) is 1. The summed E-state index contributed by atoms with van der Waals surface area (Å²) in [4.78, 5) is -0.391. The number of sulfonamides is 1. The van der Waals surface area contributed by atoms with E-state index in [2.05, 4.69) is 6.58 Å². The summed E-state index contributed by atoms with van der Waals surface area (Å²) in [6.07, 6.45) is 2.11. The fraction of sp³-hybridized carbons (Fsp3) is 0.333. The highest BCUT2D eigenvalue weighted by Gasteiger charge is 2.26. The molecule has 0 atom stereocenters. The third-order valence-corrected chi connectivity index (χ3v) is 4.26. The van der Waals surface area contributed by atoms with Crippen molar-refractivity contribution in [1.82, 2.24) is 4.31 Å². The highest BCUT2D eigenvalue weighted by Crippen LogP contribution is 2.21. The lowest BCUT2D eigenvalue weighted by molar-refractivity contribution is 0.436. The van der Waals surface area contributed by atoms with Crippen molar-refractivity contribution in [2.24, 2.45) is 0 Å². The van der Waals surface area contributed by atoms with Crippen molar-refractivity contribution in [3.8, 4) is 0 Å². The second kappa shape index (κ2) is 5.97. The molecule has 1 aromatic carbocycles. The first-order valence-electron chi connectivity index (χ1n) is 5.59. The fourth-order valence-corrected chi connectivity index (χ4v) is 3.16. The van der Waals surface area contributed by atoms with Crippen LogP contribution in [0.5, 0.6) is 0 Å². The minimum Gasteiger partial charge on any atom is -0.399 e. The number of hydrogen-bond donors (Lipinski definition) is 1. The normalized spacial score (nSPS) is 11.7. The standard InChI is InChI=1S/C12H17FN2O2S/c1-3-7-15(8-4-2)18(16,17)12-9-10(14)5-6-11(12)13/h3,5-6,9H,1,4,7-8,14H2,2H3. The zero-order chi connectivity index (χ0) is 13.8. The van der Waals surface area contributed by atoms with Crippen LogP contribution in [0.25, 0.3) is 0 Å². The number of benzene rings is 1. The van der Waals surface area contributed by atoms with Crippen LogP contribution in [0.4, 0.5) is 10.1 Å². The topological polar surface area (TPSA) is 63.4 Å². The molecule has 0 amide bonds. The molecule has 1 aromatic rings. The van der Waals surface area contributed by atoms with Crippen LogP contribution in [0.3, 0.4) is 0 Å². The Morgan fingerprint density at radius 1 is 1.50 bits per heavy atom. The van der Waals surface area contributed by atoms with Crippen molar-refractivity contribution in [3.05, 3.63) is 36.7 Å². The van der Waals surface area contributed by atoms with Crippen LogP contribution in [0, 0.1) is 5.82 Å². The quantitative estimate of drug-likeness (QED) is 0.636. The molecule has 0 spiro atoms. The van der Waals surface area contributed by atoms with Gasteiger partial charge < -0.3 is 5.73 Å². The average Bonchev–Trinajstić information content (AvgIpc) is 2.32. The molecule has 18 heavy (non-hydrogen) atoms. The zero-order valence-corrected chi connectivity index (χ0v) is 11.1. The van der Waals surface area contributed by atoms with E-state index in [1.807, 2.05) is 6.92 Å². The fourth-order valence-electron chi connectivity index (χ4n) is 1.56. The van der Waals surface area contributed by atoms with E-state index < -0.39 is 20.7 Å². The molecule has 0 radical (unpaired) electrons. The van der Waals surface area contributed by atoms with Gasteiger partial charge in [-0.25, -0.2) is 12.8 Å². The van der Waals surface area contributed by atoms with Gasteiger partial charge in [0, 0.05) is 18.8 Å². The monoisotopic (exact) mass is 272 g/mol. The molecule has 0 aliphatic rings. The van der Waals surface area contributed by atoms with E-state index >= 15 is 0 Å². The Kier molecular flexibility index (Phi) is 4.86. The Morgan fingerprint density at radius 3 is 2.72 bits per heavy atom. The van der Waals surface area contributed by atoms with Crippen LogP contribution >= 0.6 is 0 Å². The lowest BCUT2D eigenvalue weighted by Gasteiger charge is -2.20. The van der Waals surface area contributed by atoms with Crippen LogP contribution in [0.2, 0.25) is 0 Å². The molecule has 6 heteroatoms. The van der Waals surface area contributed by atoms with E-state index in [4.69, 9.17) is 5.73 Å². The Morgan fingerprint density at radius 2 is 2.17 bits per heavy atom. The molecule has 100 valence electrons. The third kappa shape index (κ3) is 3.08. The highest BCUT2D eigenvalue weighted by atomic mass is 32.2. The Balaban J connectivity index is 3.25. The molecule has 2 N–H and O–H groups in total. The van der Waals surface area contributed by atoms with Gasteiger partial charge in [0.15, 0.2) is 0 Å².